The maximum absolute atomic E-state index is 12.9. The van der Waals surface area contributed by atoms with Crippen LogP contribution in [0.2, 0.25) is 0 Å². The van der Waals surface area contributed by atoms with E-state index in [1.165, 1.54) is 30.7 Å². The molecule has 2 aromatic rings. The van der Waals surface area contributed by atoms with Crippen molar-refractivity contribution in [1.82, 2.24) is 20.4 Å². The molecule has 1 aromatic carbocycles. The standard InChI is InChI=1S/C20H19N5O5S2/c1-10(26)21-20-24-23-16(32-20)12-9-31-18-14(17(28)25(18)15(12)19(29)30-2)22-13(27)8-11-6-4-3-5-7-11/h3-7,9,14-15,18H,8H2,1-2H3,(H,22,27)(H,21,24,26). The number of amides is 3. The van der Waals surface area contributed by atoms with Gasteiger partial charge in [-0.2, -0.15) is 0 Å². The summed E-state index contributed by atoms with van der Waals surface area (Å²) in [6.45, 7) is 1.35. The largest absolute Gasteiger partial charge is 0.467 e. The van der Waals surface area contributed by atoms with E-state index in [9.17, 15) is 19.2 Å². The summed E-state index contributed by atoms with van der Waals surface area (Å²) in [5.41, 5.74) is 1.29. The Hall–Kier alpha value is -3.25. The van der Waals surface area contributed by atoms with Crippen molar-refractivity contribution in [3.8, 4) is 0 Å². The Morgan fingerprint density at radius 3 is 2.62 bits per heavy atom. The van der Waals surface area contributed by atoms with Gasteiger partial charge in [0.15, 0.2) is 6.04 Å². The number of nitrogens with zero attached hydrogens (tertiary/aromatic N) is 3. The zero-order valence-electron chi connectivity index (χ0n) is 17.1. The highest BCUT2D eigenvalue weighted by Gasteiger charge is 2.56. The number of carbonyl (C=O) groups is 4. The first-order chi connectivity index (χ1) is 15.4. The number of hydrogen-bond acceptors (Lipinski definition) is 9. The number of rotatable bonds is 6. The average molecular weight is 474 g/mol. The number of β-lactam (4-membered cyclic amide) rings is 1. The van der Waals surface area contributed by atoms with Crippen molar-refractivity contribution in [1.29, 1.82) is 0 Å². The number of methoxy groups -OCH3 is 1. The van der Waals surface area contributed by atoms with E-state index in [2.05, 4.69) is 20.8 Å². The van der Waals surface area contributed by atoms with E-state index < -0.39 is 23.4 Å². The lowest BCUT2D eigenvalue weighted by Crippen LogP contribution is -2.73. The van der Waals surface area contributed by atoms with Gasteiger partial charge in [-0.25, -0.2) is 4.79 Å². The number of fused-ring (bicyclic) bond motifs is 1. The summed E-state index contributed by atoms with van der Waals surface area (Å²) in [4.78, 5) is 50.6. The van der Waals surface area contributed by atoms with Crippen LogP contribution in [0, 0.1) is 0 Å². The van der Waals surface area contributed by atoms with E-state index in [4.69, 9.17) is 4.74 Å². The molecule has 1 saturated heterocycles. The second-order valence-electron chi connectivity index (χ2n) is 7.07. The lowest BCUT2D eigenvalue weighted by Gasteiger charge is -2.51. The Labute approximate surface area is 191 Å². The van der Waals surface area contributed by atoms with Crippen LogP contribution in [0.4, 0.5) is 5.13 Å². The van der Waals surface area contributed by atoms with Crippen LogP contribution in [0.5, 0.6) is 0 Å². The summed E-state index contributed by atoms with van der Waals surface area (Å²) in [6.07, 6.45) is 0.153. The molecular weight excluding hydrogens is 454 g/mol. The monoisotopic (exact) mass is 473 g/mol. The first kappa shape index (κ1) is 22.0. The second-order valence-corrected chi connectivity index (χ2v) is 9.04. The Morgan fingerprint density at radius 1 is 1.19 bits per heavy atom. The van der Waals surface area contributed by atoms with Crippen molar-refractivity contribution in [2.24, 2.45) is 0 Å². The number of nitrogens with one attached hydrogen (secondary N) is 2. The van der Waals surface area contributed by atoms with Crippen molar-refractivity contribution in [3.05, 3.63) is 46.3 Å². The van der Waals surface area contributed by atoms with Gasteiger partial charge < -0.3 is 20.3 Å². The molecule has 2 aliphatic heterocycles. The minimum Gasteiger partial charge on any atom is -0.467 e. The van der Waals surface area contributed by atoms with E-state index in [-0.39, 0.29) is 29.3 Å². The smallest absolute Gasteiger partial charge is 0.333 e. The Balaban J connectivity index is 1.52. The summed E-state index contributed by atoms with van der Waals surface area (Å²) in [5, 5.41) is 15.2. The average Bonchev–Trinajstić information content (AvgIpc) is 3.24. The Kier molecular flexibility index (Phi) is 6.24. The SMILES string of the molecule is COC(=O)C1C(c2nnc(NC(C)=O)s2)=CSC2C(NC(=O)Cc3ccccc3)C(=O)N12. The van der Waals surface area contributed by atoms with Crippen LogP contribution >= 0.6 is 23.1 Å². The van der Waals surface area contributed by atoms with Crippen LogP contribution < -0.4 is 10.6 Å². The number of benzene rings is 1. The molecule has 3 heterocycles. The zero-order chi connectivity index (χ0) is 22.8. The minimum atomic E-state index is -1.01. The fourth-order valence-electron chi connectivity index (χ4n) is 3.46. The van der Waals surface area contributed by atoms with E-state index >= 15 is 0 Å². The van der Waals surface area contributed by atoms with Gasteiger partial charge in [-0.1, -0.05) is 41.7 Å². The van der Waals surface area contributed by atoms with Crippen LogP contribution in [-0.4, -0.2) is 63.4 Å². The molecule has 32 heavy (non-hydrogen) atoms. The van der Waals surface area contributed by atoms with Gasteiger partial charge in [0.25, 0.3) is 0 Å². The highest BCUT2D eigenvalue weighted by molar-refractivity contribution is 8.03. The number of carbonyl (C=O) groups excluding carboxylic acids is 4. The molecule has 0 radical (unpaired) electrons. The van der Waals surface area contributed by atoms with Crippen LogP contribution in [0.15, 0.2) is 35.7 Å². The van der Waals surface area contributed by atoms with Crippen molar-refractivity contribution < 1.29 is 23.9 Å². The van der Waals surface area contributed by atoms with Gasteiger partial charge in [-0.15, -0.1) is 22.0 Å². The van der Waals surface area contributed by atoms with Crippen molar-refractivity contribution in [2.45, 2.75) is 30.8 Å². The summed E-state index contributed by atoms with van der Waals surface area (Å²) in [6, 6.07) is 7.46. The maximum Gasteiger partial charge on any atom is 0.333 e. The van der Waals surface area contributed by atoms with Gasteiger partial charge in [0, 0.05) is 12.5 Å². The third kappa shape index (κ3) is 4.23. The van der Waals surface area contributed by atoms with Crippen LogP contribution in [0.3, 0.4) is 0 Å². The predicted molar refractivity (Wildman–Crippen MR) is 118 cm³/mol. The fraction of sp³-hybridized carbons (Fsp3) is 0.300. The molecular formula is C20H19N5O5S2. The number of anilines is 1. The van der Waals surface area contributed by atoms with Gasteiger partial charge in [-0.3, -0.25) is 14.4 Å². The van der Waals surface area contributed by atoms with Gasteiger partial charge in [0.1, 0.15) is 16.4 Å². The van der Waals surface area contributed by atoms with Crippen LogP contribution in [0.1, 0.15) is 17.5 Å². The molecule has 10 nitrogen and oxygen atoms in total. The van der Waals surface area contributed by atoms with Gasteiger partial charge in [0.05, 0.1) is 13.5 Å². The molecule has 0 spiro atoms. The quantitative estimate of drug-likeness (QED) is 0.470. The van der Waals surface area contributed by atoms with Crippen molar-refractivity contribution in [2.75, 3.05) is 12.4 Å². The summed E-state index contributed by atoms with van der Waals surface area (Å²) in [5.74, 6) is -1.57. The second kappa shape index (κ2) is 9.09. The molecule has 12 heteroatoms. The van der Waals surface area contributed by atoms with Gasteiger partial charge in [-0.05, 0) is 11.0 Å². The Bertz CT molecular complexity index is 1100. The molecule has 2 aliphatic rings. The van der Waals surface area contributed by atoms with Crippen molar-refractivity contribution in [3.63, 3.8) is 0 Å². The normalized spacial score (nSPS) is 21.7. The molecule has 3 amide bonds. The lowest BCUT2D eigenvalue weighted by atomic mass is 9.98. The molecule has 0 bridgehead atoms. The number of esters is 1. The third-order valence-electron chi connectivity index (χ3n) is 4.89. The van der Waals surface area contributed by atoms with E-state index in [0.29, 0.717) is 10.6 Å². The van der Waals surface area contributed by atoms with E-state index in [1.54, 1.807) is 5.41 Å². The Morgan fingerprint density at radius 2 is 1.94 bits per heavy atom. The van der Waals surface area contributed by atoms with Gasteiger partial charge in [0.2, 0.25) is 22.9 Å². The topological polar surface area (TPSA) is 131 Å². The minimum absolute atomic E-state index is 0.153. The van der Waals surface area contributed by atoms with Crippen LogP contribution in [0.25, 0.3) is 5.57 Å². The molecule has 0 saturated carbocycles. The fourth-order valence-corrected chi connectivity index (χ4v) is 5.59. The highest BCUT2D eigenvalue weighted by atomic mass is 32.2. The molecule has 1 fully saturated rings. The molecule has 0 aliphatic carbocycles. The van der Waals surface area contributed by atoms with Crippen LogP contribution in [-0.2, 0) is 30.3 Å². The molecule has 3 unspecified atom stereocenters. The summed E-state index contributed by atoms with van der Waals surface area (Å²) < 4.78 is 4.93. The van der Waals surface area contributed by atoms with Gasteiger partial charge >= 0.3 is 5.97 Å². The maximum atomic E-state index is 12.9. The first-order valence-electron chi connectivity index (χ1n) is 9.59. The van der Waals surface area contributed by atoms with E-state index in [1.807, 2.05) is 30.3 Å². The number of ether oxygens (including phenoxy) is 1. The molecule has 1 aromatic heterocycles. The summed E-state index contributed by atoms with van der Waals surface area (Å²) >= 11 is 2.39. The lowest BCUT2D eigenvalue weighted by molar-refractivity contribution is -0.160. The predicted octanol–water partition coefficient (Wildman–Crippen LogP) is 1.02. The third-order valence-corrected chi connectivity index (χ3v) is 6.95. The number of thioether (sulfide) groups is 1. The number of aromatic nitrogens is 2. The highest BCUT2D eigenvalue weighted by Crippen LogP contribution is 2.44. The first-order valence-corrected chi connectivity index (χ1v) is 11.3. The molecule has 3 atom stereocenters. The van der Waals surface area contributed by atoms with E-state index in [0.717, 1.165) is 16.9 Å². The zero-order valence-corrected chi connectivity index (χ0v) is 18.7. The molecule has 4 rings (SSSR count). The summed E-state index contributed by atoms with van der Waals surface area (Å²) in [7, 11) is 1.24. The molecule has 2 N–H and O–H groups in total. The number of hydrogen-bond donors (Lipinski definition) is 2. The molecule has 166 valence electrons. The van der Waals surface area contributed by atoms with Crippen molar-refractivity contribution >= 4 is 57.5 Å².